The molecule has 21 heavy (non-hydrogen) atoms. The Bertz CT molecular complexity index is 676. The van der Waals surface area contributed by atoms with E-state index >= 15 is 0 Å². The first kappa shape index (κ1) is 14.7. The number of carbonyl (C=O) groups is 1. The molecule has 5 heteroatoms. The number of anilines is 1. The van der Waals surface area contributed by atoms with Crippen molar-refractivity contribution in [1.82, 2.24) is 10.2 Å². The molecule has 5 nitrogen and oxygen atoms in total. The molecule has 2 rings (SSSR count). The first-order valence-corrected chi connectivity index (χ1v) is 6.68. The van der Waals surface area contributed by atoms with Gasteiger partial charge in [0.1, 0.15) is 0 Å². The van der Waals surface area contributed by atoms with Crippen molar-refractivity contribution in [2.45, 2.75) is 20.3 Å². The van der Waals surface area contributed by atoms with Crippen LogP contribution >= 0.6 is 0 Å². The van der Waals surface area contributed by atoms with E-state index in [1.165, 1.54) is 0 Å². The molecule has 106 valence electrons. The fourth-order valence-electron chi connectivity index (χ4n) is 2.03. The maximum absolute atomic E-state index is 12.8. The minimum atomic E-state index is -0.160. The van der Waals surface area contributed by atoms with Gasteiger partial charge in [-0.1, -0.05) is 18.2 Å². The van der Waals surface area contributed by atoms with Gasteiger partial charge in [-0.05, 0) is 32.0 Å². The number of hydrogen-bond donors (Lipinski definition) is 0. The van der Waals surface area contributed by atoms with Crippen molar-refractivity contribution in [2.24, 2.45) is 0 Å². The minimum absolute atomic E-state index is 0.160. The molecule has 2 aromatic rings. The summed E-state index contributed by atoms with van der Waals surface area (Å²) < 4.78 is 0. The van der Waals surface area contributed by atoms with Crippen LogP contribution < -0.4 is 4.90 Å². The highest BCUT2D eigenvalue weighted by molar-refractivity contribution is 6.06. The van der Waals surface area contributed by atoms with Crippen LogP contribution in [0.2, 0.25) is 0 Å². The van der Waals surface area contributed by atoms with E-state index in [1.807, 2.05) is 30.3 Å². The summed E-state index contributed by atoms with van der Waals surface area (Å²) in [5.41, 5.74) is 2.57. The van der Waals surface area contributed by atoms with Crippen LogP contribution in [0.1, 0.15) is 28.2 Å². The SMILES string of the molecule is Cc1cc(C(=O)N(CCC#N)c2ccccc2)c(C)nn1. The van der Waals surface area contributed by atoms with Gasteiger partial charge in [0.2, 0.25) is 0 Å². The van der Waals surface area contributed by atoms with Gasteiger partial charge < -0.3 is 4.90 Å². The van der Waals surface area contributed by atoms with Gasteiger partial charge in [-0.25, -0.2) is 0 Å². The zero-order chi connectivity index (χ0) is 15.2. The van der Waals surface area contributed by atoms with E-state index in [1.54, 1.807) is 24.8 Å². The number of hydrogen-bond acceptors (Lipinski definition) is 4. The largest absolute Gasteiger partial charge is 0.307 e. The van der Waals surface area contributed by atoms with Gasteiger partial charge in [-0.2, -0.15) is 15.5 Å². The van der Waals surface area contributed by atoms with Gasteiger partial charge in [0.05, 0.1) is 29.4 Å². The fourth-order valence-corrected chi connectivity index (χ4v) is 2.03. The maximum Gasteiger partial charge on any atom is 0.260 e. The zero-order valence-electron chi connectivity index (χ0n) is 12.1. The van der Waals surface area contributed by atoms with Crippen molar-refractivity contribution in [1.29, 1.82) is 5.26 Å². The predicted octanol–water partition coefficient (Wildman–Crippen LogP) is 2.65. The number of nitriles is 1. The van der Waals surface area contributed by atoms with Gasteiger partial charge in [-0.15, -0.1) is 0 Å². The quantitative estimate of drug-likeness (QED) is 0.863. The fraction of sp³-hybridized carbons (Fsp3) is 0.250. The second kappa shape index (κ2) is 6.62. The molecule has 1 aromatic heterocycles. The first-order chi connectivity index (χ1) is 10.1. The topological polar surface area (TPSA) is 69.9 Å². The Balaban J connectivity index is 2.39. The molecule has 0 spiro atoms. The predicted molar refractivity (Wildman–Crippen MR) is 79.9 cm³/mol. The number of carbonyl (C=O) groups excluding carboxylic acids is 1. The van der Waals surface area contributed by atoms with Crippen molar-refractivity contribution in [3.05, 3.63) is 53.3 Å². The van der Waals surface area contributed by atoms with E-state index in [0.29, 0.717) is 23.5 Å². The van der Waals surface area contributed by atoms with Gasteiger partial charge in [0.25, 0.3) is 5.91 Å². The third kappa shape index (κ3) is 3.42. The lowest BCUT2D eigenvalue weighted by Crippen LogP contribution is -2.32. The Kier molecular flexibility index (Phi) is 4.62. The van der Waals surface area contributed by atoms with E-state index in [-0.39, 0.29) is 12.3 Å². The smallest absolute Gasteiger partial charge is 0.260 e. The Morgan fingerprint density at radius 1 is 1.24 bits per heavy atom. The maximum atomic E-state index is 12.8. The molecule has 0 unspecified atom stereocenters. The van der Waals surface area contributed by atoms with Gasteiger partial charge in [0.15, 0.2) is 0 Å². The van der Waals surface area contributed by atoms with Crippen LogP contribution in [0.3, 0.4) is 0 Å². The lowest BCUT2D eigenvalue weighted by atomic mass is 10.1. The molecule has 0 aliphatic heterocycles. The number of benzene rings is 1. The lowest BCUT2D eigenvalue weighted by Gasteiger charge is -2.22. The van der Waals surface area contributed by atoms with Crippen LogP contribution in [-0.4, -0.2) is 22.6 Å². The molecule has 0 saturated carbocycles. The van der Waals surface area contributed by atoms with Crippen molar-refractivity contribution in [3.63, 3.8) is 0 Å². The van der Waals surface area contributed by atoms with Crippen molar-refractivity contribution in [3.8, 4) is 6.07 Å². The number of aromatic nitrogens is 2. The van der Waals surface area contributed by atoms with Gasteiger partial charge in [0, 0.05) is 12.2 Å². The van der Waals surface area contributed by atoms with E-state index in [2.05, 4.69) is 16.3 Å². The van der Waals surface area contributed by atoms with E-state index in [0.717, 1.165) is 5.69 Å². The van der Waals surface area contributed by atoms with Crippen LogP contribution in [0.25, 0.3) is 0 Å². The number of amides is 1. The van der Waals surface area contributed by atoms with Crippen LogP contribution in [0.5, 0.6) is 0 Å². The van der Waals surface area contributed by atoms with E-state index < -0.39 is 0 Å². The Morgan fingerprint density at radius 3 is 2.62 bits per heavy atom. The van der Waals surface area contributed by atoms with E-state index in [9.17, 15) is 4.79 Å². The molecule has 0 atom stereocenters. The molecule has 1 heterocycles. The summed E-state index contributed by atoms with van der Waals surface area (Å²) in [4.78, 5) is 14.4. The normalized spacial score (nSPS) is 9.95. The molecule has 0 saturated heterocycles. The molecule has 0 fully saturated rings. The monoisotopic (exact) mass is 280 g/mol. The van der Waals surface area contributed by atoms with E-state index in [4.69, 9.17) is 5.26 Å². The molecule has 1 aromatic carbocycles. The number of para-hydroxylation sites is 1. The molecule has 0 aliphatic carbocycles. The third-order valence-corrected chi connectivity index (χ3v) is 3.09. The molecule has 0 N–H and O–H groups in total. The summed E-state index contributed by atoms with van der Waals surface area (Å²) >= 11 is 0. The highest BCUT2D eigenvalue weighted by atomic mass is 16.2. The summed E-state index contributed by atoms with van der Waals surface area (Å²) in [6.45, 7) is 3.90. The summed E-state index contributed by atoms with van der Waals surface area (Å²) in [5.74, 6) is -0.160. The van der Waals surface area contributed by atoms with Gasteiger partial charge >= 0.3 is 0 Å². The average molecular weight is 280 g/mol. The third-order valence-electron chi connectivity index (χ3n) is 3.09. The van der Waals surface area contributed by atoms with Crippen LogP contribution in [0, 0.1) is 25.2 Å². The number of aryl methyl sites for hydroxylation is 2. The second-order valence-corrected chi connectivity index (χ2v) is 4.69. The molecule has 1 amide bonds. The van der Waals surface area contributed by atoms with Crippen LogP contribution in [0.15, 0.2) is 36.4 Å². The second-order valence-electron chi connectivity index (χ2n) is 4.69. The molecular formula is C16H16N4O. The highest BCUT2D eigenvalue weighted by Gasteiger charge is 2.20. The standard InChI is InChI=1S/C16H16N4O/c1-12-11-15(13(2)19-18-12)16(21)20(10-6-9-17)14-7-4-3-5-8-14/h3-5,7-8,11H,6,10H2,1-2H3. The van der Waals surface area contributed by atoms with Crippen molar-refractivity contribution in [2.75, 3.05) is 11.4 Å². The zero-order valence-corrected chi connectivity index (χ0v) is 12.1. The number of nitrogens with zero attached hydrogens (tertiary/aromatic N) is 4. The summed E-state index contributed by atoms with van der Waals surface area (Å²) in [6, 6.07) is 13.1. The summed E-state index contributed by atoms with van der Waals surface area (Å²) in [7, 11) is 0. The van der Waals surface area contributed by atoms with Crippen molar-refractivity contribution >= 4 is 11.6 Å². The minimum Gasteiger partial charge on any atom is -0.307 e. The highest BCUT2D eigenvalue weighted by Crippen LogP contribution is 2.18. The Morgan fingerprint density at radius 2 is 1.95 bits per heavy atom. The molecule has 0 bridgehead atoms. The van der Waals surface area contributed by atoms with Crippen molar-refractivity contribution < 1.29 is 4.79 Å². The summed E-state index contributed by atoms with van der Waals surface area (Å²) in [5, 5.41) is 16.7. The molecule has 0 radical (unpaired) electrons. The summed E-state index contributed by atoms with van der Waals surface area (Å²) in [6.07, 6.45) is 0.275. The van der Waals surface area contributed by atoms with Crippen LogP contribution in [0.4, 0.5) is 5.69 Å². The van der Waals surface area contributed by atoms with Gasteiger partial charge in [-0.3, -0.25) is 4.79 Å². The molecule has 0 aliphatic rings. The first-order valence-electron chi connectivity index (χ1n) is 6.68. The average Bonchev–Trinajstić information content (AvgIpc) is 2.51. The Labute approximate surface area is 123 Å². The molecular weight excluding hydrogens is 264 g/mol. The van der Waals surface area contributed by atoms with Crippen LogP contribution in [-0.2, 0) is 0 Å². The Hall–Kier alpha value is -2.74. The number of rotatable bonds is 4. The lowest BCUT2D eigenvalue weighted by molar-refractivity contribution is 0.0986.